The zero-order chi connectivity index (χ0) is 19.8. The van der Waals surface area contributed by atoms with Crippen LogP contribution in [0.4, 0.5) is 0 Å². The molecule has 6 heteroatoms. The molecule has 0 saturated heterocycles. The van der Waals surface area contributed by atoms with Crippen LogP contribution >= 0.6 is 0 Å². The van der Waals surface area contributed by atoms with Crippen LogP contribution < -0.4 is 10.2 Å². The molecule has 0 aliphatic rings. The minimum absolute atomic E-state index is 0.0625. The number of ether oxygens (including phenoxy) is 2. The van der Waals surface area contributed by atoms with Gasteiger partial charge in [0.1, 0.15) is 28.2 Å². The van der Waals surface area contributed by atoms with Crippen molar-refractivity contribution in [1.82, 2.24) is 0 Å². The number of unbranched alkanes of at least 4 members (excludes halogenated alkanes) is 1. The molecule has 0 spiro atoms. The molecule has 1 heterocycles. The lowest BCUT2D eigenvalue weighted by atomic mass is 10.1. The highest BCUT2D eigenvalue weighted by Crippen LogP contribution is 2.30. The van der Waals surface area contributed by atoms with Crippen LogP contribution in [0.2, 0.25) is 0 Å². The summed E-state index contributed by atoms with van der Waals surface area (Å²) in [5.41, 5.74) is 0.552. The van der Waals surface area contributed by atoms with Crippen molar-refractivity contribution < 1.29 is 23.8 Å². The van der Waals surface area contributed by atoms with Gasteiger partial charge in [-0.1, -0.05) is 31.6 Å². The second-order valence-corrected chi connectivity index (χ2v) is 5.90. The number of carbonyl (C=O) groups is 1. The molecule has 0 bridgehead atoms. The maximum Gasteiger partial charge on any atom is 0.344 e. The number of phenols is 1. The number of hydrogen-bond acceptors (Lipinski definition) is 6. The van der Waals surface area contributed by atoms with Crippen LogP contribution in [0.15, 0.2) is 45.6 Å². The van der Waals surface area contributed by atoms with E-state index in [1.54, 1.807) is 0 Å². The first-order chi connectivity index (χ1) is 13.0. The summed E-state index contributed by atoms with van der Waals surface area (Å²) in [6, 6.07) is 4.09. The number of hydrogen-bond donors (Lipinski definition) is 1. The Labute approximate surface area is 157 Å². The van der Waals surface area contributed by atoms with Gasteiger partial charge in [0.05, 0.1) is 6.61 Å². The van der Waals surface area contributed by atoms with E-state index in [4.69, 9.17) is 13.9 Å². The fourth-order valence-corrected chi connectivity index (χ4v) is 2.48. The molecule has 2 aromatic rings. The van der Waals surface area contributed by atoms with Crippen molar-refractivity contribution in [3.8, 4) is 11.5 Å². The molecule has 6 nitrogen and oxygen atoms in total. The van der Waals surface area contributed by atoms with Crippen molar-refractivity contribution in [3.63, 3.8) is 0 Å². The fraction of sp³-hybridized carbons (Fsp3) is 0.333. The largest absolute Gasteiger partial charge is 0.507 e. The van der Waals surface area contributed by atoms with Gasteiger partial charge < -0.3 is 19.0 Å². The molecule has 0 aliphatic heterocycles. The van der Waals surface area contributed by atoms with Gasteiger partial charge in [0.25, 0.3) is 0 Å². The summed E-state index contributed by atoms with van der Waals surface area (Å²) in [6.45, 7) is 5.74. The minimum atomic E-state index is -0.498. The Bertz CT molecular complexity index is 920. The van der Waals surface area contributed by atoms with Gasteiger partial charge >= 0.3 is 5.97 Å². The zero-order valence-electron chi connectivity index (χ0n) is 15.8. The van der Waals surface area contributed by atoms with Gasteiger partial charge in [-0.15, -0.1) is 0 Å². The first kappa shape index (κ1) is 20.3. The van der Waals surface area contributed by atoms with Crippen molar-refractivity contribution in [1.29, 1.82) is 0 Å². The van der Waals surface area contributed by atoms with Gasteiger partial charge in [0, 0.05) is 23.8 Å². The number of rotatable bonds is 8. The molecule has 1 N–H and O–H groups in total. The quantitative estimate of drug-likeness (QED) is 0.425. The van der Waals surface area contributed by atoms with Gasteiger partial charge in [-0.25, -0.2) is 4.79 Å². The Hall–Kier alpha value is -3.02. The zero-order valence-corrected chi connectivity index (χ0v) is 15.8. The van der Waals surface area contributed by atoms with Crippen LogP contribution in [-0.4, -0.2) is 24.3 Å². The van der Waals surface area contributed by atoms with Crippen LogP contribution in [0, 0.1) is 0 Å². The molecular weight excluding hydrogens is 348 g/mol. The maximum absolute atomic E-state index is 12.4. The monoisotopic (exact) mass is 372 g/mol. The van der Waals surface area contributed by atoms with Gasteiger partial charge in [-0.2, -0.15) is 0 Å². The van der Waals surface area contributed by atoms with E-state index in [9.17, 15) is 14.7 Å². The predicted octanol–water partition coefficient (Wildman–Crippen LogP) is 4.20. The van der Waals surface area contributed by atoms with E-state index in [0.29, 0.717) is 12.4 Å². The van der Waals surface area contributed by atoms with E-state index >= 15 is 0 Å². The Balaban J connectivity index is 2.30. The van der Waals surface area contributed by atoms with Crippen molar-refractivity contribution in [2.75, 3.05) is 13.2 Å². The maximum atomic E-state index is 12.4. The summed E-state index contributed by atoms with van der Waals surface area (Å²) in [4.78, 5) is 24.0. The number of allylic oxidation sites excluding steroid dienone is 4. The summed E-state index contributed by atoms with van der Waals surface area (Å²) in [6.07, 6.45) is 7.18. The standard InChI is InChI=1S/C21H24O6/c1-4-7-9-25-20(24)13-26-15-10-16(22)21-17(23)12-18(27-19(21)11-15)14(6-3)8-5-2/h5-6,8,10-12,22H,4,7,9,13H2,1-3H3/b8-5-,14-6+. The number of carbonyl (C=O) groups excluding carboxylic acids is 1. The lowest BCUT2D eigenvalue weighted by Gasteiger charge is -2.09. The first-order valence-electron chi connectivity index (χ1n) is 8.88. The topological polar surface area (TPSA) is 86.0 Å². The average molecular weight is 372 g/mol. The van der Waals surface area contributed by atoms with E-state index < -0.39 is 5.97 Å². The molecule has 0 unspecified atom stereocenters. The number of benzene rings is 1. The van der Waals surface area contributed by atoms with Crippen molar-refractivity contribution in [2.24, 2.45) is 0 Å². The van der Waals surface area contributed by atoms with E-state index in [2.05, 4.69) is 0 Å². The molecule has 0 saturated carbocycles. The summed E-state index contributed by atoms with van der Waals surface area (Å²) in [7, 11) is 0. The van der Waals surface area contributed by atoms with Crippen LogP contribution in [-0.2, 0) is 9.53 Å². The van der Waals surface area contributed by atoms with E-state index in [1.807, 2.05) is 39.0 Å². The number of phenolic OH excluding ortho intramolecular Hbond substituents is 1. The molecule has 0 amide bonds. The van der Waals surface area contributed by atoms with Crippen LogP contribution in [0.1, 0.15) is 39.4 Å². The highest BCUT2D eigenvalue weighted by Gasteiger charge is 2.14. The second kappa shape index (κ2) is 9.62. The summed E-state index contributed by atoms with van der Waals surface area (Å²) < 4.78 is 16.2. The summed E-state index contributed by atoms with van der Waals surface area (Å²) in [5, 5.41) is 10.2. The lowest BCUT2D eigenvalue weighted by Crippen LogP contribution is -2.15. The molecule has 1 aromatic carbocycles. The van der Waals surface area contributed by atoms with Gasteiger partial charge in [0.15, 0.2) is 12.0 Å². The van der Waals surface area contributed by atoms with Gasteiger partial charge in [-0.05, 0) is 20.3 Å². The molecular formula is C21H24O6. The van der Waals surface area contributed by atoms with Crippen molar-refractivity contribution in [3.05, 3.63) is 52.4 Å². The number of fused-ring (bicyclic) bond motifs is 1. The summed E-state index contributed by atoms with van der Waals surface area (Å²) >= 11 is 0. The van der Waals surface area contributed by atoms with Crippen molar-refractivity contribution in [2.45, 2.75) is 33.6 Å². The lowest BCUT2D eigenvalue weighted by molar-refractivity contribution is -0.146. The third-order valence-corrected chi connectivity index (χ3v) is 3.84. The Morgan fingerprint density at radius 3 is 2.70 bits per heavy atom. The molecule has 2 rings (SSSR count). The highest BCUT2D eigenvalue weighted by molar-refractivity contribution is 5.86. The SMILES string of the molecule is C/C=C\C(=C/C)c1cc(=O)c2c(O)cc(OCC(=O)OCCCC)cc2o1. The Kier molecular flexibility index (Phi) is 7.23. The third-order valence-electron chi connectivity index (χ3n) is 3.84. The molecule has 1 aromatic heterocycles. The molecule has 144 valence electrons. The van der Waals surface area contributed by atoms with Crippen molar-refractivity contribution >= 4 is 22.5 Å². The highest BCUT2D eigenvalue weighted by atomic mass is 16.6. The first-order valence-corrected chi connectivity index (χ1v) is 8.88. The number of esters is 1. The normalized spacial score (nSPS) is 11.9. The molecule has 0 fully saturated rings. The molecule has 0 radical (unpaired) electrons. The van der Waals surface area contributed by atoms with Gasteiger partial charge in [-0.3, -0.25) is 4.79 Å². The predicted molar refractivity (Wildman–Crippen MR) is 104 cm³/mol. The third kappa shape index (κ3) is 5.23. The fourth-order valence-electron chi connectivity index (χ4n) is 2.48. The smallest absolute Gasteiger partial charge is 0.344 e. The average Bonchev–Trinajstić information content (AvgIpc) is 2.64. The van der Waals surface area contributed by atoms with Crippen LogP contribution in [0.25, 0.3) is 16.5 Å². The van der Waals surface area contributed by atoms with Crippen LogP contribution in [0.3, 0.4) is 0 Å². The van der Waals surface area contributed by atoms with E-state index in [1.165, 1.54) is 18.2 Å². The Morgan fingerprint density at radius 1 is 1.26 bits per heavy atom. The number of aromatic hydroxyl groups is 1. The van der Waals surface area contributed by atoms with Gasteiger partial charge in [0.2, 0.25) is 0 Å². The molecule has 27 heavy (non-hydrogen) atoms. The molecule has 0 atom stereocenters. The van der Waals surface area contributed by atoms with E-state index in [0.717, 1.165) is 18.4 Å². The minimum Gasteiger partial charge on any atom is -0.507 e. The second-order valence-electron chi connectivity index (χ2n) is 5.90. The van der Waals surface area contributed by atoms with E-state index in [-0.39, 0.29) is 34.5 Å². The van der Waals surface area contributed by atoms with Crippen LogP contribution in [0.5, 0.6) is 11.5 Å². The molecule has 0 aliphatic carbocycles. The summed E-state index contributed by atoms with van der Waals surface area (Å²) in [5.74, 6) is -0.179. The Morgan fingerprint density at radius 2 is 2.04 bits per heavy atom.